The van der Waals surface area contributed by atoms with Gasteiger partial charge in [0, 0.05) is 5.02 Å². The third-order valence-corrected chi connectivity index (χ3v) is 2.57. The van der Waals surface area contributed by atoms with E-state index >= 15 is 0 Å². The van der Waals surface area contributed by atoms with Crippen molar-refractivity contribution in [3.8, 4) is 0 Å². The Morgan fingerprint density at radius 3 is 2.80 bits per heavy atom. The second-order valence-corrected chi connectivity index (χ2v) is 3.82. The molecule has 0 aromatic heterocycles. The molecule has 1 N–H and O–H groups in total. The van der Waals surface area contributed by atoms with Crippen LogP contribution in [-0.2, 0) is 6.42 Å². The van der Waals surface area contributed by atoms with Crippen LogP contribution in [0.2, 0.25) is 5.02 Å². The van der Waals surface area contributed by atoms with E-state index in [4.69, 9.17) is 11.6 Å². The Labute approximate surface area is 97.1 Å². The number of nitrogens with one attached hydrogen (secondary N) is 1. The van der Waals surface area contributed by atoms with Crippen LogP contribution in [-0.4, -0.2) is 13.1 Å². The van der Waals surface area contributed by atoms with Gasteiger partial charge in [0.15, 0.2) is 0 Å². The quantitative estimate of drug-likeness (QED) is 0.576. The fourth-order valence-electron chi connectivity index (χ4n) is 1.35. The van der Waals surface area contributed by atoms with E-state index in [1.165, 1.54) is 5.56 Å². The first kappa shape index (κ1) is 12.3. The summed E-state index contributed by atoms with van der Waals surface area (Å²) >= 11 is 6.04. The first-order chi connectivity index (χ1) is 7.34. The minimum absolute atomic E-state index is 0.855. The highest BCUT2D eigenvalue weighted by Crippen LogP contribution is 2.15. The predicted octanol–water partition coefficient (Wildman–Crippen LogP) is 3.44. The van der Waals surface area contributed by atoms with Crippen molar-refractivity contribution in [3.63, 3.8) is 0 Å². The maximum atomic E-state index is 6.04. The molecule has 0 unspecified atom stereocenters. The number of allylic oxidation sites excluding steroid dienone is 1. The van der Waals surface area contributed by atoms with Crippen molar-refractivity contribution in [2.75, 3.05) is 13.1 Å². The minimum Gasteiger partial charge on any atom is -0.317 e. The minimum atomic E-state index is 0.855. The molecule has 0 aliphatic rings. The lowest BCUT2D eigenvalue weighted by Crippen LogP contribution is -2.12. The van der Waals surface area contributed by atoms with Gasteiger partial charge in [-0.1, -0.05) is 48.9 Å². The zero-order chi connectivity index (χ0) is 10.9. The number of hydrogen-bond donors (Lipinski definition) is 1. The fourth-order valence-corrected chi connectivity index (χ4v) is 1.57. The van der Waals surface area contributed by atoms with Gasteiger partial charge in [-0.15, -0.1) is 0 Å². The molecule has 1 aromatic rings. The lowest BCUT2D eigenvalue weighted by Gasteiger charge is -1.99. The van der Waals surface area contributed by atoms with Crippen molar-refractivity contribution in [2.24, 2.45) is 0 Å². The second-order valence-electron chi connectivity index (χ2n) is 3.41. The van der Waals surface area contributed by atoms with E-state index in [-0.39, 0.29) is 0 Å². The van der Waals surface area contributed by atoms with Crippen molar-refractivity contribution in [1.29, 1.82) is 0 Å². The summed E-state index contributed by atoms with van der Waals surface area (Å²) in [6.45, 7) is 4.21. The largest absolute Gasteiger partial charge is 0.317 e. The molecule has 1 rings (SSSR count). The smallest absolute Gasteiger partial charge is 0.0441 e. The molecule has 0 spiro atoms. The molecule has 1 nitrogen and oxygen atoms in total. The van der Waals surface area contributed by atoms with Crippen LogP contribution < -0.4 is 5.32 Å². The molecule has 0 saturated carbocycles. The fraction of sp³-hybridized carbons (Fsp3) is 0.385. The van der Waals surface area contributed by atoms with Crippen molar-refractivity contribution in [2.45, 2.75) is 19.8 Å². The van der Waals surface area contributed by atoms with Gasteiger partial charge in [-0.25, -0.2) is 0 Å². The summed E-state index contributed by atoms with van der Waals surface area (Å²) in [7, 11) is 0. The van der Waals surface area contributed by atoms with E-state index in [2.05, 4.69) is 30.5 Å². The summed E-state index contributed by atoms with van der Waals surface area (Å²) in [6, 6.07) is 7.98. The summed E-state index contributed by atoms with van der Waals surface area (Å²) in [5.74, 6) is 0. The van der Waals surface area contributed by atoms with E-state index < -0.39 is 0 Å². The first-order valence-electron chi connectivity index (χ1n) is 5.43. The highest BCUT2D eigenvalue weighted by atomic mass is 35.5. The van der Waals surface area contributed by atoms with Crippen molar-refractivity contribution in [1.82, 2.24) is 5.32 Å². The summed E-state index contributed by atoms with van der Waals surface area (Å²) in [6.07, 6.45) is 6.38. The van der Waals surface area contributed by atoms with Crippen molar-refractivity contribution < 1.29 is 0 Å². The summed E-state index contributed by atoms with van der Waals surface area (Å²) in [5, 5.41) is 4.14. The van der Waals surface area contributed by atoms with Gasteiger partial charge >= 0.3 is 0 Å². The summed E-state index contributed by atoms with van der Waals surface area (Å²) in [4.78, 5) is 0. The Morgan fingerprint density at radius 1 is 1.27 bits per heavy atom. The summed E-state index contributed by atoms with van der Waals surface area (Å²) < 4.78 is 0. The van der Waals surface area contributed by atoms with Crippen LogP contribution in [0.1, 0.15) is 18.9 Å². The Hall–Kier alpha value is -0.790. The number of halogens is 1. The van der Waals surface area contributed by atoms with Crippen LogP contribution in [0.15, 0.2) is 36.4 Å². The van der Waals surface area contributed by atoms with Gasteiger partial charge in [-0.05, 0) is 37.6 Å². The van der Waals surface area contributed by atoms with Gasteiger partial charge in [0.25, 0.3) is 0 Å². The molecule has 0 radical (unpaired) electrons. The van der Waals surface area contributed by atoms with E-state index in [0.717, 1.165) is 31.0 Å². The Morgan fingerprint density at radius 2 is 2.07 bits per heavy atom. The van der Waals surface area contributed by atoms with Gasteiger partial charge in [0.1, 0.15) is 0 Å². The Kier molecular flexibility index (Phi) is 6.14. The lowest BCUT2D eigenvalue weighted by atomic mass is 10.1. The van der Waals surface area contributed by atoms with Gasteiger partial charge in [-0.2, -0.15) is 0 Å². The maximum Gasteiger partial charge on any atom is 0.0441 e. The molecule has 2 heteroatoms. The molecule has 15 heavy (non-hydrogen) atoms. The molecule has 0 heterocycles. The second kappa shape index (κ2) is 7.49. The molecule has 0 amide bonds. The normalized spacial score (nSPS) is 11.1. The van der Waals surface area contributed by atoms with Crippen LogP contribution >= 0.6 is 11.6 Å². The monoisotopic (exact) mass is 223 g/mol. The van der Waals surface area contributed by atoms with Crippen molar-refractivity contribution >= 4 is 11.6 Å². The zero-order valence-electron chi connectivity index (χ0n) is 9.17. The Bertz CT molecular complexity index is 307. The summed E-state index contributed by atoms with van der Waals surface area (Å²) in [5.41, 5.74) is 1.19. The predicted molar refractivity (Wildman–Crippen MR) is 67.5 cm³/mol. The van der Waals surface area contributed by atoms with E-state index in [9.17, 15) is 0 Å². The highest BCUT2D eigenvalue weighted by Gasteiger charge is 1.94. The first-order valence-corrected chi connectivity index (χ1v) is 5.81. The van der Waals surface area contributed by atoms with Gasteiger partial charge in [0.05, 0.1) is 0 Å². The third kappa shape index (κ3) is 5.01. The maximum absolute atomic E-state index is 6.04. The average Bonchev–Trinajstić information content (AvgIpc) is 2.25. The molecule has 0 atom stereocenters. The SMILES string of the molecule is CCNCCC=CCc1ccccc1Cl. The highest BCUT2D eigenvalue weighted by molar-refractivity contribution is 6.31. The molecule has 1 aromatic carbocycles. The van der Waals surface area contributed by atoms with Crippen LogP contribution in [0.25, 0.3) is 0 Å². The number of rotatable bonds is 6. The average molecular weight is 224 g/mol. The molecule has 0 bridgehead atoms. The number of hydrogen-bond acceptors (Lipinski definition) is 1. The van der Waals surface area contributed by atoms with Crippen LogP contribution in [0.4, 0.5) is 0 Å². The Balaban J connectivity index is 2.28. The van der Waals surface area contributed by atoms with E-state index in [1.807, 2.05) is 18.2 Å². The van der Waals surface area contributed by atoms with Crippen LogP contribution in [0.5, 0.6) is 0 Å². The molecule has 0 aliphatic carbocycles. The van der Waals surface area contributed by atoms with Crippen LogP contribution in [0, 0.1) is 0 Å². The van der Waals surface area contributed by atoms with E-state index in [1.54, 1.807) is 0 Å². The third-order valence-electron chi connectivity index (χ3n) is 2.20. The molecule has 0 saturated heterocycles. The van der Waals surface area contributed by atoms with E-state index in [0.29, 0.717) is 0 Å². The van der Waals surface area contributed by atoms with Gasteiger partial charge in [-0.3, -0.25) is 0 Å². The zero-order valence-corrected chi connectivity index (χ0v) is 9.93. The molecule has 82 valence electrons. The van der Waals surface area contributed by atoms with Crippen LogP contribution in [0.3, 0.4) is 0 Å². The standard InChI is InChI=1S/C13H18ClN/c1-2-15-11-7-3-4-8-12-9-5-6-10-13(12)14/h3-6,9-10,15H,2,7-8,11H2,1H3. The molecule has 0 fully saturated rings. The topological polar surface area (TPSA) is 12.0 Å². The number of benzene rings is 1. The molecular weight excluding hydrogens is 206 g/mol. The van der Waals surface area contributed by atoms with Gasteiger partial charge in [0.2, 0.25) is 0 Å². The molecular formula is C13H18ClN. The molecule has 0 aliphatic heterocycles. The lowest BCUT2D eigenvalue weighted by molar-refractivity contribution is 0.726. The van der Waals surface area contributed by atoms with Crippen molar-refractivity contribution in [3.05, 3.63) is 47.0 Å². The van der Waals surface area contributed by atoms with Gasteiger partial charge < -0.3 is 5.32 Å².